The molecule has 0 aliphatic carbocycles. The lowest BCUT2D eigenvalue weighted by Gasteiger charge is -2.18. The molecule has 0 heterocycles. The van der Waals surface area contributed by atoms with Gasteiger partial charge in [-0.05, 0) is 36.4 Å². The van der Waals surface area contributed by atoms with Gasteiger partial charge < -0.3 is 20.1 Å². The Kier molecular flexibility index (Phi) is 9.37. The van der Waals surface area contributed by atoms with Crippen molar-refractivity contribution in [1.29, 1.82) is 0 Å². The zero-order valence-electron chi connectivity index (χ0n) is 18.7. The van der Waals surface area contributed by atoms with Crippen molar-refractivity contribution in [2.75, 3.05) is 38.7 Å². The molecule has 0 fully saturated rings. The molecular weight excluding hydrogens is 450 g/mol. The predicted octanol–water partition coefficient (Wildman–Crippen LogP) is 1.64. The molecule has 0 bridgehead atoms. The van der Waals surface area contributed by atoms with Crippen molar-refractivity contribution < 1.29 is 32.3 Å². The molecule has 0 saturated heterocycles. The van der Waals surface area contributed by atoms with E-state index in [1.54, 1.807) is 38.1 Å². The van der Waals surface area contributed by atoms with Crippen LogP contribution in [0, 0.1) is 0 Å². The summed E-state index contributed by atoms with van der Waals surface area (Å²) in [5.41, 5.74) is 0.607. The molecule has 178 valence electrons. The minimum Gasteiger partial charge on any atom is -0.495 e. The van der Waals surface area contributed by atoms with Crippen LogP contribution in [0.1, 0.15) is 24.2 Å². The van der Waals surface area contributed by atoms with Crippen molar-refractivity contribution in [3.63, 3.8) is 0 Å². The second-order valence-electron chi connectivity index (χ2n) is 6.71. The van der Waals surface area contributed by atoms with E-state index in [0.717, 1.165) is 0 Å². The number of carbonyl (C=O) groups is 3. The summed E-state index contributed by atoms with van der Waals surface area (Å²) in [6.45, 7) is 3.15. The lowest BCUT2D eigenvalue weighted by atomic mass is 10.2. The number of benzene rings is 2. The van der Waals surface area contributed by atoms with Gasteiger partial charge in [0.15, 0.2) is 6.61 Å². The van der Waals surface area contributed by atoms with Gasteiger partial charge in [-0.2, -0.15) is 4.31 Å². The number of anilines is 1. The Morgan fingerprint density at radius 3 is 2.21 bits per heavy atom. The van der Waals surface area contributed by atoms with Gasteiger partial charge >= 0.3 is 5.97 Å². The summed E-state index contributed by atoms with van der Waals surface area (Å²) in [6.07, 6.45) is 0. The summed E-state index contributed by atoms with van der Waals surface area (Å²) in [5, 5.41) is 4.93. The number of nitrogens with one attached hydrogen (secondary N) is 2. The van der Waals surface area contributed by atoms with Crippen molar-refractivity contribution in [2.45, 2.75) is 18.7 Å². The number of hydrogen-bond donors (Lipinski definition) is 2. The molecule has 2 aromatic carbocycles. The van der Waals surface area contributed by atoms with Gasteiger partial charge in [0, 0.05) is 18.7 Å². The minimum atomic E-state index is -3.63. The molecule has 0 atom stereocenters. The first-order valence-electron chi connectivity index (χ1n) is 10.2. The highest BCUT2D eigenvalue weighted by Crippen LogP contribution is 2.22. The number of carbonyl (C=O) groups excluding carboxylic acids is 3. The monoisotopic (exact) mass is 477 g/mol. The van der Waals surface area contributed by atoms with Crippen molar-refractivity contribution in [2.24, 2.45) is 0 Å². The molecule has 0 aromatic heterocycles. The summed E-state index contributed by atoms with van der Waals surface area (Å²) >= 11 is 0. The molecule has 2 rings (SSSR count). The molecule has 0 unspecified atom stereocenters. The fraction of sp³-hybridized carbons (Fsp3) is 0.318. The van der Waals surface area contributed by atoms with Crippen LogP contribution < -0.4 is 15.4 Å². The number of esters is 1. The summed E-state index contributed by atoms with van der Waals surface area (Å²) < 4.78 is 36.3. The van der Waals surface area contributed by atoms with Gasteiger partial charge in [0.25, 0.3) is 11.8 Å². The second-order valence-corrected chi connectivity index (χ2v) is 8.64. The molecule has 0 radical (unpaired) electrons. The first-order valence-corrected chi connectivity index (χ1v) is 11.6. The third-order valence-electron chi connectivity index (χ3n) is 4.60. The summed E-state index contributed by atoms with van der Waals surface area (Å²) in [5.74, 6) is -1.50. The Bertz CT molecular complexity index is 1080. The maximum Gasteiger partial charge on any atom is 0.325 e. The normalized spacial score (nSPS) is 11.0. The number of hydrogen-bond acceptors (Lipinski definition) is 7. The van der Waals surface area contributed by atoms with E-state index in [-0.39, 0.29) is 10.5 Å². The average Bonchev–Trinajstić information content (AvgIpc) is 2.82. The quantitative estimate of drug-likeness (QED) is 0.470. The van der Waals surface area contributed by atoms with Crippen LogP contribution in [0.3, 0.4) is 0 Å². The number of rotatable bonds is 11. The number of nitrogens with zero attached hydrogens (tertiary/aromatic N) is 1. The Morgan fingerprint density at radius 1 is 0.970 bits per heavy atom. The van der Waals surface area contributed by atoms with Gasteiger partial charge in [0.05, 0.1) is 17.7 Å². The predicted molar refractivity (Wildman–Crippen MR) is 121 cm³/mol. The molecule has 0 spiro atoms. The van der Waals surface area contributed by atoms with Gasteiger partial charge in [0.2, 0.25) is 10.0 Å². The number of methoxy groups -OCH3 is 1. The van der Waals surface area contributed by atoms with Gasteiger partial charge in [-0.3, -0.25) is 14.4 Å². The topological polar surface area (TPSA) is 131 Å². The van der Waals surface area contributed by atoms with Crippen molar-refractivity contribution >= 4 is 33.5 Å². The first-order chi connectivity index (χ1) is 15.7. The molecule has 11 heteroatoms. The standard InChI is InChI=1S/C22H27N3O7S/c1-4-25(5-2)33(29,30)17-12-10-16(11-13-17)22(28)23-14-21(27)32-15-20(26)24-18-8-6-7-9-19(18)31-3/h6-13H,4-5,14-15H2,1-3H3,(H,23,28)(H,24,26). The van der Waals surface area contributed by atoms with Gasteiger partial charge in [-0.1, -0.05) is 26.0 Å². The Labute approximate surface area is 192 Å². The van der Waals surface area contributed by atoms with Crippen LogP contribution >= 0.6 is 0 Å². The number of ether oxygens (including phenoxy) is 2. The maximum atomic E-state index is 12.5. The van der Waals surface area contributed by atoms with Crippen LogP contribution in [-0.4, -0.2) is 63.9 Å². The van der Waals surface area contributed by atoms with E-state index >= 15 is 0 Å². The van der Waals surface area contributed by atoms with Gasteiger partial charge in [-0.15, -0.1) is 0 Å². The van der Waals surface area contributed by atoms with Gasteiger partial charge in [-0.25, -0.2) is 8.42 Å². The minimum absolute atomic E-state index is 0.0724. The fourth-order valence-corrected chi connectivity index (χ4v) is 4.33. The summed E-state index contributed by atoms with van der Waals surface area (Å²) in [6, 6.07) is 12.2. The fourth-order valence-electron chi connectivity index (χ4n) is 2.88. The average molecular weight is 478 g/mol. The van der Waals surface area contributed by atoms with E-state index in [1.807, 2.05) is 0 Å². The number of amides is 2. The van der Waals surface area contributed by atoms with E-state index < -0.39 is 41.0 Å². The van der Waals surface area contributed by atoms with E-state index in [0.29, 0.717) is 24.5 Å². The van der Waals surface area contributed by atoms with Gasteiger partial charge in [0.1, 0.15) is 12.3 Å². The Morgan fingerprint density at radius 2 is 1.61 bits per heavy atom. The summed E-state index contributed by atoms with van der Waals surface area (Å²) in [7, 11) is -2.17. The Hall–Kier alpha value is -3.44. The van der Waals surface area contributed by atoms with Crippen LogP contribution in [0.4, 0.5) is 5.69 Å². The van der Waals surface area contributed by atoms with Crippen LogP contribution in [0.2, 0.25) is 0 Å². The summed E-state index contributed by atoms with van der Waals surface area (Å²) in [4.78, 5) is 36.1. The SMILES string of the molecule is CCN(CC)S(=O)(=O)c1ccc(C(=O)NCC(=O)OCC(=O)Nc2ccccc2OC)cc1. The highest BCUT2D eigenvalue weighted by Gasteiger charge is 2.21. The van der Waals surface area contributed by atoms with E-state index in [1.165, 1.54) is 35.7 Å². The van der Waals surface area contributed by atoms with Crippen molar-refractivity contribution in [1.82, 2.24) is 9.62 Å². The third-order valence-corrected chi connectivity index (χ3v) is 6.66. The van der Waals surface area contributed by atoms with E-state index in [9.17, 15) is 22.8 Å². The molecule has 0 aliphatic heterocycles. The van der Waals surface area contributed by atoms with Crippen LogP contribution in [0.15, 0.2) is 53.4 Å². The molecule has 0 saturated carbocycles. The molecule has 10 nitrogen and oxygen atoms in total. The van der Waals surface area contributed by atoms with Crippen LogP contribution in [0.5, 0.6) is 5.75 Å². The van der Waals surface area contributed by atoms with E-state index in [4.69, 9.17) is 9.47 Å². The zero-order chi connectivity index (χ0) is 24.4. The lowest BCUT2D eigenvalue weighted by molar-refractivity contribution is -0.146. The largest absolute Gasteiger partial charge is 0.495 e. The molecular formula is C22H27N3O7S. The van der Waals surface area contributed by atoms with Crippen LogP contribution in [-0.2, 0) is 24.3 Å². The lowest BCUT2D eigenvalue weighted by Crippen LogP contribution is -2.32. The maximum absolute atomic E-state index is 12.5. The third kappa shape index (κ3) is 7.02. The second kappa shape index (κ2) is 12.0. The molecule has 2 amide bonds. The highest BCUT2D eigenvalue weighted by atomic mass is 32.2. The zero-order valence-corrected chi connectivity index (χ0v) is 19.5. The van der Waals surface area contributed by atoms with E-state index in [2.05, 4.69) is 10.6 Å². The number of para-hydroxylation sites is 2. The smallest absolute Gasteiger partial charge is 0.325 e. The van der Waals surface area contributed by atoms with Crippen molar-refractivity contribution in [3.05, 3.63) is 54.1 Å². The number of sulfonamides is 1. The van der Waals surface area contributed by atoms with Crippen LogP contribution in [0.25, 0.3) is 0 Å². The molecule has 2 aromatic rings. The highest BCUT2D eigenvalue weighted by molar-refractivity contribution is 7.89. The Balaban J connectivity index is 1.84. The molecule has 2 N–H and O–H groups in total. The molecule has 33 heavy (non-hydrogen) atoms. The first kappa shape index (κ1) is 25.8. The van der Waals surface area contributed by atoms with Crippen molar-refractivity contribution in [3.8, 4) is 5.75 Å². The molecule has 0 aliphatic rings.